The number of carbonyl (C=O) groups excluding carboxylic acids is 1. The smallest absolute Gasteiger partial charge is 0.320 e. The molecule has 1 aliphatic rings. The van der Waals surface area contributed by atoms with E-state index in [0.29, 0.717) is 18.7 Å². The van der Waals surface area contributed by atoms with E-state index in [1.165, 1.54) is 0 Å². The number of ether oxygens (including phenoxy) is 1. The highest BCUT2D eigenvalue weighted by Gasteiger charge is 2.26. The first-order chi connectivity index (χ1) is 12.8. The third kappa shape index (κ3) is 4.28. The number of benzene rings is 2. The van der Waals surface area contributed by atoms with Gasteiger partial charge in [-0.1, -0.05) is 18.2 Å². The Kier molecular flexibility index (Phi) is 5.46. The predicted molar refractivity (Wildman–Crippen MR) is 103 cm³/mol. The van der Waals surface area contributed by atoms with Crippen LogP contribution in [0, 0.1) is 19.8 Å². The van der Waals surface area contributed by atoms with Crippen LogP contribution < -0.4 is 15.8 Å². The largest absolute Gasteiger partial charge is 0.480 e. The number of nitrogens with two attached hydrogens (primary N) is 1. The number of carboxylic acid groups (broad SMARTS) is 1. The van der Waals surface area contributed by atoms with Crippen molar-refractivity contribution in [3.05, 3.63) is 58.7 Å². The lowest BCUT2D eigenvalue weighted by Crippen LogP contribution is -2.33. The van der Waals surface area contributed by atoms with Crippen LogP contribution in [0.25, 0.3) is 0 Å². The maximum atomic E-state index is 12.6. The standard InChI is InChI=1S/C21H24N2O4/c1-12-7-16(8-13(2)17(12)10-18(22)20(24)25)27-21(26)15-9-14-5-3-4-6-19(14)23-11-15/h3-8,15,18,23H,9-11,22H2,1-2H3,(H,24,25)/t15?,18-/m0/s1. The number of aryl methyl sites for hydroxylation is 2. The minimum atomic E-state index is -1.03. The number of hydrogen-bond acceptors (Lipinski definition) is 5. The molecule has 142 valence electrons. The van der Waals surface area contributed by atoms with Crippen molar-refractivity contribution < 1.29 is 19.4 Å². The van der Waals surface area contributed by atoms with Crippen LogP contribution in [0.2, 0.25) is 0 Å². The van der Waals surface area contributed by atoms with Gasteiger partial charge in [-0.2, -0.15) is 0 Å². The van der Waals surface area contributed by atoms with Gasteiger partial charge in [-0.3, -0.25) is 9.59 Å². The molecule has 0 aromatic heterocycles. The maximum absolute atomic E-state index is 12.6. The molecule has 27 heavy (non-hydrogen) atoms. The van der Waals surface area contributed by atoms with E-state index in [0.717, 1.165) is 27.9 Å². The van der Waals surface area contributed by atoms with E-state index < -0.39 is 12.0 Å². The molecule has 0 fully saturated rings. The Bertz CT molecular complexity index is 855. The molecular formula is C21H24N2O4. The fourth-order valence-corrected chi connectivity index (χ4v) is 3.45. The van der Waals surface area contributed by atoms with Crippen molar-refractivity contribution in [3.63, 3.8) is 0 Å². The van der Waals surface area contributed by atoms with Crippen molar-refractivity contribution in [3.8, 4) is 5.75 Å². The normalized spacial score (nSPS) is 16.8. The molecule has 6 nitrogen and oxygen atoms in total. The summed E-state index contributed by atoms with van der Waals surface area (Å²) in [5.74, 6) is -1.08. The molecule has 2 aromatic rings. The summed E-state index contributed by atoms with van der Waals surface area (Å²) in [7, 11) is 0. The van der Waals surface area contributed by atoms with Crippen LogP contribution >= 0.6 is 0 Å². The van der Waals surface area contributed by atoms with Gasteiger partial charge in [0, 0.05) is 12.2 Å². The Balaban J connectivity index is 1.71. The summed E-state index contributed by atoms with van der Waals surface area (Å²) in [4.78, 5) is 23.6. The molecule has 2 atom stereocenters. The second-order valence-electron chi connectivity index (χ2n) is 7.04. The lowest BCUT2D eigenvalue weighted by atomic mass is 9.94. The molecule has 0 amide bonds. The number of nitrogens with one attached hydrogen (secondary N) is 1. The Morgan fingerprint density at radius 3 is 2.59 bits per heavy atom. The molecule has 1 unspecified atom stereocenters. The summed E-state index contributed by atoms with van der Waals surface area (Å²) in [5, 5.41) is 12.3. The Morgan fingerprint density at radius 2 is 1.93 bits per heavy atom. The van der Waals surface area contributed by atoms with Gasteiger partial charge in [0.2, 0.25) is 0 Å². The summed E-state index contributed by atoms with van der Waals surface area (Å²) >= 11 is 0. The first kappa shape index (κ1) is 18.9. The van der Waals surface area contributed by atoms with E-state index in [-0.39, 0.29) is 18.3 Å². The Morgan fingerprint density at radius 1 is 1.26 bits per heavy atom. The van der Waals surface area contributed by atoms with E-state index in [4.69, 9.17) is 15.6 Å². The first-order valence-electron chi connectivity index (χ1n) is 8.97. The summed E-state index contributed by atoms with van der Waals surface area (Å²) in [6.45, 7) is 4.28. The second kappa shape index (κ2) is 7.80. The number of rotatable bonds is 5. The fourth-order valence-electron chi connectivity index (χ4n) is 3.45. The number of carbonyl (C=O) groups is 2. The van der Waals surface area contributed by atoms with Gasteiger partial charge in [0.05, 0.1) is 5.92 Å². The zero-order valence-corrected chi connectivity index (χ0v) is 15.5. The summed E-state index contributed by atoms with van der Waals surface area (Å²) in [6, 6.07) is 10.5. The number of aliphatic carboxylic acids is 1. The Labute approximate surface area is 158 Å². The van der Waals surface area contributed by atoms with Crippen LogP contribution in [0.15, 0.2) is 36.4 Å². The highest BCUT2D eigenvalue weighted by molar-refractivity contribution is 5.78. The maximum Gasteiger partial charge on any atom is 0.320 e. The van der Waals surface area contributed by atoms with Crippen LogP contribution in [-0.4, -0.2) is 29.6 Å². The average Bonchev–Trinajstić information content (AvgIpc) is 2.64. The van der Waals surface area contributed by atoms with Crippen molar-refractivity contribution in [1.82, 2.24) is 0 Å². The molecule has 3 rings (SSSR count). The van der Waals surface area contributed by atoms with Crippen LogP contribution in [0.5, 0.6) is 5.75 Å². The summed E-state index contributed by atoms with van der Waals surface area (Å²) in [5.41, 5.74) is 10.4. The minimum absolute atomic E-state index is 0.241. The molecule has 4 N–H and O–H groups in total. The fraction of sp³-hybridized carbons (Fsp3) is 0.333. The van der Waals surface area contributed by atoms with Crippen molar-refractivity contribution in [2.75, 3.05) is 11.9 Å². The highest BCUT2D eigenvalue weighted by Crippen LogP contribution is 2.27. The number of para-hydroxylation sites is 1. The number of hydrogen-bond donors (Lipinski definition) is 3. The number of fused-ring (bicyclic) bond motifs is 1. The summed E-state index contributed by atoms with van der Waals surface area (Å²) in [6.07, 6.45) is 0.885. The van der Waals surface area contributed by atoms with Crippen LogP contribution in [-0.2, 0) is 22.4 Å². The molecular weight excluding hydrogens is 344 g/mol. The van der Waals surface area contributed by atoms with Gasteiger partial charge in [-0.15, -0.1) is 0 Å². The van der Waals surface area contributed by atoms with Gasteiger partial charge in [-0.05, 0) is 67.1 Å². The van der Waals surface area contributed by atoms with Gasteiger partial charge in [0.25, 0.3) is 0 Å². The van der Waals surface area contributed by atoms with E-state index in [9.17, 15) is 9.59 Å². The SMILES string of the molecule is Cc1cc(OC(=O)C2CNc3ccccc3C2)cc(C)c1C[C@H](N)C(=O)O. The lowest BCUT2D eigenvalue weighted by molar-refractivity contribution is -0.139. The molecule has 0 saturated carbocycles. The highest BCUT2D eigenvalue weighted by atomic mass is 16.5. The van der Waals surface area contributed by atoms with Gasteiger partial charge in [-0.25, -0.2) is 0 Å². The molecule has 0 saturated heterocycles. The monoisotopic (exact) mass is 368 g/mol. The van der Waals surface area contributed by atoms with Crippen molar-refractivity contribution >= 4 is 17.6 Å². The van der Waals surface area contributed by atoms with Gasteiger partial charge >= 0.3 is 11.9 Å². The van der Waals surface area contributed by atoms with Gasteiger partial charge in [0.1, 0.15) is 11.8 Å². The molecule has 2 aromatic carbocycles. The van der Waals surface area contributed by atoms with Crippen LogP contribution in [0.4, 0.5) is 5.69 Å². The number of esters is 1. The van der Waals surface area contributed by atoms with Crippen molar-refractivity contribution in [2.24, 2.45) is 11.7 Å². The van der Waals surface area contributed by atoms with Gasteiger partial charge < -0.3 is 20.9 Å². The third-order valence-corrected chi connectivity index (χ3v) is 4.99. The molecule has 6 heteroatoms. The van der Waals surface area contributed by atoms with Crippen molar-refractivity contribution in [2.45, 2.75) is 32.7 Å². The lowest BCUT2D eigenvalue weighted by Gasteiger charge is -2.25. The third-order valence-electron chi connectivity index (χ3n) is 4.99. The van der Waals surface area contributed by atoms with Crippen LogP contribution in [0.3, 0.4) is 0 Å². The molecule has 1 aliphatic heterocycles. The molecule has 1 heterocycles. The molecule has 0 aliphatic carbocycles. The molecule has 0 radical (unpaired) electrons. The van der Waals surface area contributed by atoms with Crippen molar-refractivity contribution in [1.29, 1.82) is 0 Å². The minimum Gasteiger partial charge on any atom is -0.480 e. The average molecular weight is 368 g/mol. The zero-order chi connectivity index (χ0) is 19.6. The number of anilines is 1. The molecule has 0 bridgehead atoms. The van der Waals surface area contributed by atoms with Crippen LogP contribution in [0.1, 0.15) is 22.3 Å². The quantitative estimate of drug-likeness (QED) is 0.553. The van der Waals surface area contributed by atoms with E-state index in [1.54, 1.807) is 12.1 Å². The molecule has 0 spiro atoms. The topological polar surface area (TPSA) is 102 Å². The zero-order valence-electron chi connectivity index (χ0n) is 15.5. The predicted octanol–water partition coefficient (Wildman–Crippen LogP) is 2.45. The summed E-state index contributed by atoms with van der Waals surface area (Å²) < 4.78 is 5.61. The second-order valence-corrected chi connectivity index (χ2v) is 7.04. The van der Waals surface area contributed by atoms with E-state index in [2.05, 4.69) is 5.32 Å². The van der Waals surface area contributed by atoms with E-state index >= 15 is 0 Å². The first-order valence-corrected chi connectivity index (χ1v) is 8.97. The van der Waals surface area contributed by atoms with Gasteiger partial charge in [0.15, 0.2) is 0 Å². The number of carboxylic acids is 1. The van der Waals surface area contributed by atoms with E-state index in [1.807, 2.05) is 38.1 Å². The Hall–Kier alpha value is -2.86.